The Morgan fingerprint density at radius 2 is 1.86 bits per heavy atom. The van der Waals surface area contributed by atoms with Crippen LogP contribution in [0.2, 0.25) is 0 Å². The summed E-state index contributed by atoms with van der Waals surface area (Å²) in [7, 11) is -3.54. The molecule has 3 N–H and O–H groups in total. The molecule has 1 aliphatic heterocycles. The highest BCUT2D eigenvalue weighted by molar-refractivity contribution is 7.93. The van der Waals surface area contributed by atoms with Gasteiger partial charge < -0.3 is 19.7 Å². The Morgan fingerprint density at radius 1 is 1.11 bits per heavy atom. The summed E-state index contributed by atoms with van der Waals surface area (Å²) in [4.78, 5) is 12.8. The summed E-state index contributed by atoms with van der Waals surface area (Å²) in [6.07, 6.45) is 0.450. The molecule has 0 atom stereocenters. The number of sulfonamides is 1. The quantitative estimate of drug-likeness (QED) is 0.599. The molecule has 0 saturated carbocycles. The highest BCUT2D eigenvalue weighted by Gasteiger charge is 2.32. The number of anilines is 1. The molecule has 4 rings (SSSR count). The zero-order chi connectivity index (χ0) is 20.2. The summed E-state index contributed by atoms with van der Waals surface area (Å²) in [6.45, 7) is 1.97. The van der Waals surface area contributed by atoms with E-state index < -0.39 is 27.0 Å². The predicted octanol–water partition coefficient (Wildman–Crippen LogP) is 2.43. The fourth-order valence-electron chi connectivity index (χ4n) is 3.40. The Balaban J connectivity index is 2.08. The van der Waals surface area contributed by atoms with Gasteiger partial charge in [0.1, 0.15) is 11.5 Å². The van der Waals surface area contributed by atoms with Crippen LogP contribution in [0.3, 0.4) is 0 Å². The largest absolute Gasteiger partial charge is 0.508 e. The molecule has 0 aliphatic carbocycles. The van der Waals surface area contributed by atoms with E-state index in [1.54, 1.807) is 13.0 Å². The van der Waals surface area contributed by atoms with Crippen LogP contribution in [0.1, 0.15) is 12.0 Å². The van der Waals surface area contributed by atoms with E-state index in [1.165, 1.54) is 22.5 Å². The number of nitrogens with zero attached hydrogens (tertiary/aromatic N) is 1. The normalized spacial score (nSPS) is 16.0. The maximum Gasteiger partial charge on any atom is 0.235 e. The number of aryl methyl sites for hydroxylation is 1. The van der Waals surface area contributed by atoms with Crippen LogP contribution in [0.15, 0.2) is 39.5 Å². The molecule has 0 amide bonds. The minimum Gasteiger partial charge on any atom is -0.508 e. The van der Waals surface area contributed by atoms with Crippen molar-refractivity contribution in [1.29, 1.82) is 0 Å². The van der Waals surface area contributed by atoms with Crippen LogP contribution in [-0.2, 0) is 10.0 Å². The average Bonchev–Trinajstić information content (AvgIpc) is 2.97. The standard InChI is InChI=1S/C19H17NO7S/c1-10-7-13-16(23)17(24)19(12-4-3-11(21)9-15(12)22)27-18(13)14(8-10)20-5-2-6-28(20,25)26/h3-4,7-9,21-22,24H,2,5-6H2,1H3. The fraction of sp³-hybridized carbons (Fsp3) is 0.211. The lowest BCUT2D eigenvalue weighted by molar-refractivity contribution is 0.438. The van der Waals surface area contributed by atoms with Crippen molar-refractivity contribution in [2.24, 2.45) is 0 Å². The van der Waals surface area contributed by atoms with Gasteiger partial charge in [0.15, 0.2) is 11.3 Å². The molecule has 0 radical (unpaired) electrons. The lowest BCUT2D eigenvalue weighted by atomic mass is 10.1. The third-order valence-corrected chi connectivity index (χ3v) is 6.54. The van der Waals surface area contributed by atoms with Gasteiger partial charge in [-0.2, -0.15) is 0 Å². The van der Waals surface area contributed by atoms with Gasteiger partial charge in [-0.15, -0.1) is 0 Å². The van der Waals surface area contributed by atoms with Crippen molar-refractivity contribution in [2.45, 2.75) is 13.3 Å². The summed E-state index contributed by atoms with van der Waals surface area (Å²) < 4.78 is 31.8. The monoisotopic (exact) mass is 403 g/mol. The molecule has 1 fully saturated rings. The Labute approximate surface area is 159 Å². The molecule has 0 bridgehead atoms. The SMILES string of the molecule is Cc1cc(N2CCCS2(=O)=O)c2oc(-c3ccc(O)cc3O)c(O)c(=O)c2c1. The molecule has 0 spiro atoms. The molecule has 2 aromatic carbocycles. The van der Waals surface area contributed by atoms with Gasteiger partial charge in [-0.3, -0.25) is 9.10 Å². The van der Waals surface area contributed by atoms with Gasteiger partial charge in [-0.1, -0.05) is 0 Å². The summed E-state index contributed by atoms with van der Waals surface area (Å²) in [6, 6.07) is 6.70. The van der Waals surface area contributed by atoms with Crippen molar-refractivity contribution < 1.29 is 28.2 Å². The Morgan fingerprint density at radius 3 is 2.50 bits per heavy atom. The molecular formula is C19H17NO7S. The summed E-state index contributed by atoms with van der Waals surface area (Å²) in [5.41, 5.74) is 0.0948. The molecule has 28 heavy (non-hydrogen) atoms. The molecule has 1 aromatic heterocycles. The molecule has 9 heteroatoms. The highest BCUT2D eigenvalue weighted by atomic mass is 32.2. The van der Waals surface area contributed by atoms with E-state index in [-0.39, 0.29) is 46.0 Å². The molecule has 2 heterocycles. The van der Waals surface area contributed by atoms with E-state index in [2.05, 4.69) is 0 Å². The van der Waals surface area contributed by atoms with Crippen LogP contribution < -0.4 is 9.73 Å². The first-order valence-corrected chi connectivity index (χ1v) is 10.1. The smallest absolute Gasteiger partial charge is 0.235 e. The first-order valence-electron chi connectivity index (χ1n) is 8.52. The van der Waals surface area contributed by atoms with Gasteiger partial charge in [0, 0.05) is 12.6 Å². The number of hydrogen-bond acceptors (Lipinski definition) is 7. The molecule has 3 aromatic rings. The maximum absolute atomic E-state index is 12.8. The van der Waals surface area contributed by atoms with Crippen molar-refractivity contribution in [3.05, 3.63) is 46.1 Å². The van der Waals surface area contributed by atoms with Crippen molar-refractivity contribution >= 4 is 26.7 Å². The van der Waals surface area contributed by atoms with Crippen LogP contribution in [0, 0.1) is 6.92 Å². The highest BCUT2D eigenvalue weighted by Crippen LogP contribution is 2.40. The number of phenols is 2. The Hall–Kier alpha value is -3.20. The summed E-state index contributed by atoms with van der Waals surface area (Å²) in [5, 5.41) is 30.0. The molecular weight excluding hydrogens is 386 g/mol. The fourth-order valence-corrected chi connectivity index (χ4v) is 4.96. The van der Waals surface area contributed by atoms with Gasteiger partial charge in [-0.25, -0.2) is 8.42 Å². The number of fused-ring (bicyclic) bond motifs is 1. The van der Waals surface area contributed by atoms with E-state index in [0.717, 1.165) is 6.07 Å². The van der Waals surface area contributed by atoms with Crippen molar-refractivity contribution in [2.75, 3.05) is 16.6 Å². The average molecular weight is 403 g/mol. The Kier molecular flexibility index (Phi) is 4.00. The maximum atomic E-state index is 12.8. The van der Waals surface area contributed by atoms with Crippen LogP contribution in [-0.4, -0.2) is 36.0 Å². The third kappa shape index (κ3) is 2.75. The van der Waals surface area contributed by atoms with Gasteiger partial charge in [-0.05, 0) is 43.2 Å². The molecule has 8 nitrogen and oxygen atoms in total. The van der Waals surface area contributed by atoms with E-state index in [4.69, 9.17) is 4.42 Å². The van der Waals surface area contributed by atoms with Gasteiger partial charge in [0.05, 0.1) is 22.4 Å². The lowest BCUT2D eigenvalue weighted by Crippen LogP contribution is -2.25. The second kappa shape index (κ2) is 6.16. The van der Waals surface area contributed by atoms with Crippen LogP contribution in [0.25, 0.3) is 22.3 Å². The third-order valence-electron chi connectivity index (χ3n) is 4.69. The topological polar surface area (TPSA) is 128 Å². The number of aromatic hydroxyl groups is 3. The number of rotatable bonds is 2. The first kappa shape index (κ1) is 18.2. The lowest BCUT2D eigenvalue weighted by Gasteiger charge is -2.19. The number of phenolic OH excluding ortho intramolecular Hbond substituents is 2. The van der Waals surface area contributed by atoms with E-state index in [9.17, 15) is 28.5 Å². The van der Waals surface area contributed by atoms with Crippen LogP contribution in [0.4, 0.5) is 5.69 Å². The van der Waals surface area contributed by atoms with Crippen molar-refractivity contribution in [1.82, 2.24) is 0 Å². The van der Waals surface area contributed by atoms with E-state index >= 15 is 0 Å². The Bertz CT molecular complexity index is 1280. The molecule has 0 unspecified atom stereocenters. The van der Waals surface area contributed by atoms with Gasteiger partial charge >= 0.3 is 0 Å². The summed E-state index contributed by atoms with van der Waals surface area (Å²) >= 11 is 0. The second-order valence-corrected chi connectivity index (χ2v) is 8.73. The summed E-state index contributed by atoms with van der Waals surface area (Å²) in [5.74, 6) is -1.63. The molecule has 1 aliphatic rings. The zero-order valence-electron chi connectivity index (χ0n) is 14.8. The van der Waals surface area contributed by atoms with E-state index in [1.807, 2.05) is 0 Å². The number of hydrogen-bond donors (Lipinski definition) is 3. The number of benzene rings is 2. The van der Waals surface area contributed by atoms with E-state index in [0.29, 0.717) is 12.0 Å². The van der Waals surface area contributed by atoms with Crippen molar-refractivity contribution in [3.8, 4) is 28.6 Å². The van der Waals surface area contributed by atoms with Crippen molar-refractivity contribution in [3.63, 3.8) is 0 Å². The second-order valence-electron chi connectivity index (χ2n) is 6.71. The minimum atomic E-state index is -3.54. The molecule has 146 valence electrons. The van der Waals surface area contributed by atoms with Crippen LogP contribution in [0.5, 0.6) is 17.2 Å². The van der Waals surface area contributed by atoms with Crippen LogP contribution >= 0.6 is 0 Å². The minimum absolute atomic E-state index is 0.00125. The molecule has 1 saturated heterocycles. The zero-order valence-corrected chi connectivity index (χ0v) is 15.7. The van der Waals surface area contributed by atoms with Gasteiger partial charge in [0.25, 0.3) is 0 Å². The van der Waals surface area contributed by atoms with Gasteiger partial charge in [0.2, 0.25) is 21.2 Å². The first-order chi connectivity index (χ1) is 13.2. The predicted molar refractivity (Wildman–Crippen MR) is 103 cm³/mol.